The molecule has 5 rings (SSSR count). The molecule has 0 saturated heterocycles. The lowest BCUT2D eigenvalue weighted by Crippen LogP contribution is -2.61. The number of amides is 1. The summed E-state index contributed by atoms with van der Waals surface area (Å²) < 4.78 is 0. The molecule has 2 aromatic rings. The largest absolute Gasteiger partial charge is 0.399 e. The molecule has 0 bridgehead atoms. The number of rotatable bonds is 3. The molecule has 1 heterocycles. The first-order valence-electron chi connectivity index (χ1n) is 11.8. The topological polar surface area (TPSA) is 118 Å². The molecule has 3 aliphatic rings. The highest BCUT2D eigenvalue weighted by molar-refractivity contribution is 6.11. The number of anilines is 1. The Kier molecular flexibility index (Phi) is 5.23. The molecule has 2 aromatic carbocycles. The van der Waals surface area contributed by atoms with Gasteiger partial charge in [-0.1, -0.05) is 61.5 Å². The molecule has 1 amide bonds. The molecule has 2 aliphatic carbocycles. The molecule has 3 unspecified atom stereocenters. The number of nitrogens with two attached hydrogens (primary N) is 1. The number of carbonyl (C=O) groups is 1. The second-order valence-electron chi connectivity index (χ2n) is 9.68. The van der Waals surface area contributed by atoms with Gasteiger partial charge in [-0.05, 0) is 47.9 Å². The minimum Gasteiger partial charge on any atom is -0.399 e. The van der Waals surface area contributed by atoms with E-state index >= 15 is 0 Å². The molecule has 0 fully saturated rings. The van der Waals surface area contributed by atoms with E-state index in [-0.39, 0.29) is 23.1 Å². The van der Waals surface area contributed by atoms with Crippen molar-refractivity contribution in [3.05, 3.63) is 88.6 Å². The first-order chi connectivity index (χ1) is 17.0. The van der Waals surface area contributed by atoms with Crippen molar-refractivity contribution in [2.45, 2.75) is 31.6 Å². The summed E-state index contributed by atoms with van der Waals surface area (Å²) in [6, 6.07) is 23.8. The lowest BCUT2D eigenvalue weighted by atomic mass is 9.47. The smallest absolute Gasteiger partial charge is 0.241 e. The van der Waals surface area contributed by atoms with Gasteiger partial charge in [-0.2, -0.15) is 15.8 Å². The highest BCUT2D eigenvalue weighted by Gasteiger charge is 2.72. The Hall–Kier alpha value is -4.34. The molecule has 2 N–H and O–H groups in total. The average molecular weight is 460 g/mol. The van der Waals surface area contributed by atoms with Crippen LogP contribution in [0, 0.1) is 51.2 Å². The second-order valence-corrected chi connectivity index (χ2v) is 9.68. The number of allylic oxidation sites excluding steroid dienone is 4. The molecule has 0 aromatic heterocycles. The van der Waals surface area contributed by atoms with E-state index in [2.05, 4.69) is 25.1 Å². The van der Waals surface area contributed by atoms with Gasteiger partial charge < -0.3 is 10.6 Å². The third-order valence-electron chi connectivity index (χ3n) is 7.95. The zero-order chi connectivity index (χ0) is 24.8. The maximum atomic E-state index is 14.6. The third-order valence-corrected chi connectivity index (χ3v) is 7.95. The van der Waals surface area contributed by atoms with Crippen molar-refractivity contribution in [1.82, 2.24) is 0 Å². The van der Waals surface area contributed by atoms with Crippen molar-refractivity contribution >= 4 is 11.6 Å². The van der Waals surface area contributed by atoms with Gasteiger partial charge in [0.05, 0.1) is 23.4 Å². The van der Waals surface area contributed by atoms with Gasteiger partial charge in [-0.25, -0.2) is 0 Å². The lowest BCUT2D eigenvalue weighted by Gasteiger charge is -2.50. The number of hydrogen-bond acceptors (Lipinski definition) is 5. The quantitative estimate of drug-likeness (QED) is 0.735. The van der Waals surface area contributed by atoms with Crippen LogP contribution in [0.5, 0.6) is 0 Å². The van der Waals surface area contributed by atoms with E-state index in [4.69, 9.17) is 5.73 Å². The average Bonchev–Trinajstić information content (AvgIpc) is 3.14. The van der Waals surface area contributed by atoms with E-state index in [1.54, 1.807) is 4.90 Å². The summed E-state index contributed by atoms with van der Waals surface area (Å²) in [5, 5.41) is 31.1. The van der Waals surface area contributed by atoms with Crippen LogP contribution in [-0.2, 0) is 16.6 Å². The molecule has 172 valence electrons. The Morgan fingerprint density at radius 1 is 1.06 bits per heavy atom. The highest BCUT2D eigenvalue weighted by Crippen LogP contribution is 2.64. The predicted octanol–water partition coefficient (Wildman–Crippen LogP) is 4.27. The minimum atomic E-state index is -1.99. The van der Waals surface area contributed by atoms with Crippen molar-refractivity contribution in [2.24, 2.45) is 23.0 Å². The number of para-hydroxylation sites is 1. The van der Waals surface area contributed by atoms with Crippen LogP contribution in [0.4, 0.5) is 5.69 Å². The highest BCUT2D eigenvalue weighted by atomic mass is 16.2. The van der Waals surface area contributed by atoms with Gasteiger partial charge in [0.1, 0.15) is 11.5 Å². The van der Waals surface area contributed by atoms with Crippen molar-refractivity contribution in [2.75, 3.05) is 11.4 Å². The Morgan fingerprint density at radius 3 is 2.43 bits per heavy atom. The van der Waals surface area contributed by atoms with Crippen LogP contribution >= 0.6 is 0 Å². The molecular formula is C29H25N5O. The monoisotopic (exact) mass is 459 g/mol. The SMILES string of the molecule is CC1CC=C2C(C#N)=C(N)C(C#N)(C#N)C3(C(=O)N(CCc4ccccc4)c4ccccc43)C2C1. The van der Waals surface area contributed by atoms with Gasteiger partial charge in [0.15, 0.2) is 0 Å². The van der Waals surface area contributed by atoms with Crippen LogP contribution in [0.3, 0.4) is 0 Å². The van der Waals surface area contributed by atoms with Crippen LogP contribution in [0.1, 0.15) is 30.9 Å². The van der Waals surface area contributed by atoms with E-state index in [0.717, 1.165) is 12.0 Å². The Labute approximate surface area is 205 Å². The summed E-state index contributed by atoms with van der Waals surface area (Å²) in [5.41, 5.74) is 6.19. The summed E-state index contributed by atoms with van der Waals surface area (Å²) in [5.74, 6) is -0.557. The number of carbonyl (C=O) groups excluding carboxylic acids is 1. The van der Waals surface area contributed by atoms with E-state index in [1.165, 1.54) is 0 Å². The fourth-order valence-corrected chi connectivity index (χ4v) is 6.33. The van der Waals surface area contributed by atoms with Crippen LogP contribution < -0.4 is 10.6 Å². The van der Waals surface area contributed by atoms with Crippen LogP contribution in [-0.4, -0.2) is 12.5 Å². The Morgan fingerprint density at radius 2 is 1.74 bits per heavy atom. The molecule has 1 aliphatic heterocycles. The van der Waals surface area contributed by atoms with Crippen molar-refractivity contribution < 1.29 is 4.79 Å². The normalized spacial score (nSPS) is 26.3. The number of hydrogen-bond donors (Lipinski definition) is 1. The fraction of sp³-hybridized carbons (Fsp3) is 0.310. The van der Waals surface area contributed by atoms with Crippen molar-refractivity contribution in [3.8, 4) is 18.2 Å². The summed E-state index contributed by atoms with van der Waals surface area (Å²) in [6.45, 7) is 2.50. The number of fused-ring (bicyclic) bond motifs is 4. The summed E-state index contributed by atoms with van der Waals surface area (Å²) in [4.78, 5) is 16.3. The number of nitriles is 3. The molecular weight excluding hydrogens is 434 g/mol. The molecule has 3 atom stereocenters. The van der Waals surface area contributed by atoms with E-state index in [1.807, 2.05) is 60.7 Å². The van der Waals surface area contributed by atoms with Gasteiger partial charge in [-0.15, -0.1) is 0 Å². The van der Waals surface area contributed by atoms with Crippen molar-refractivity contribution in [3.63, 3.8) is 0 Å². The predicted molar refractivity (Wildman–Crippen MR) is 131 cm³/mol. The van der Waals surface area contributed by atoms with Gasteiger partial charge in [0.2, 0.25) is 11.3 Å². The van der Waals surface area contributed by atoms with Gasteiger partial charge in [-0.3, -0.25) is 4.79 Å². The molecule has 0 radical (unpaired) electrons. The lowest BCUT2D eigenvalue weighted by molar-refractivity contribution is -0.127. The van der Waals surface area contributed by atoms with Crippen LogP contribution in [0.2, 0.25) is 0 Å². The van der Waals surface area contributed by atoms with Gasteiger partial charge >= 0.3 is 0 Å². The maximum Gasteiger partial charge on any atom is 0.241 e. The van der Waals surface area contributed by atoms with Gasteiger partial charge in [0.25, 0.3) is 0 Å². The number of benzene rings is 2. The Bertz CT molecular complexity index is 1390. The minimum absolute atomic E-state index is 0.116. The number of nitrogens with zero attached hydrogens (tertiary/aromatic N) is 4. The van der Waals surface area contributed by atoms with Crippen LogP contribution in [0.15, 0.2) is 77.5 Å². The summed E-state index contributed by atoms with van der Waals surface area (Å²) >= 11 is 0. The zero-order valence-electron chi connectivity index (χ0n) is 19.5. The first kappa shape index (κ1) is 22.5. The summed E-state index contributed by atoms with van der Waals surface area (Å²) in [6.07, 6.45) is 3.94. The molecule has 35 heavy (non-hydrogen) atoms. The van der Waals surface area contributed by atoms with E-state index < -0.39 is 16.7 Å². The third kappa shape index (κ3) is 2.82. The van der Waals surface area contributed by atoms with Crippen LogP contribution in [0.25, 0.3) is 0 Å². The molecule has 6 nitrogen and oxygen atoms in total. The zero-order valence-corrected chi connectivity index (χ0v) is 19.5. The standard InChI is InChI=1S/C29H25N5O/c1-19-11-12-21-22(16-30)26(33)28(17-31,18-32)29(24(21)15-19)23-9-5-6-10-25(23)34(27(29)35)14-13-20-7-3-2-4-8-20/h2-10,12,19,24H,11,13-15,33H2,1H3. The van der Waals surface area contributed by atoms with E-state index in [0.29, 0.717) is 36.2 Å². The van der Waals surface area contributed by atoms with Gasteiger partial charge in [0, 0.05) is 18.2 Å². The molecule has 6 heteroatoms. The first-order valence-corrected chi connectivity index (χ1v) is 11.8. The Balaban J connectivity index is 1.77. The van der Waals surface area contributed by atoms with E-state index in [9.17, 15) is 20.6 Å². The second kappa shape index (κ2) is 8.15. The maximum absolute atomic E-state index is 14.6. The molecule has 0 saturated carbocycles. The molecule has 1 spiro atoms. The van der Waals surface area contributed by atoms with Crippen molar-refractivity contribution in [1.29, 1.82) is 15.8 Å². The fourth-order valence-electron chi connectivity index (χ4n) is 6.33. The summed E-state index contributed by atoms with van der Waals surface area (Å²) in [7, 11) is 0.